The van der Waals surface area contributed by atoms with Gasteiger partial charge in [0, 0.05) is 29.7 Å². The molecular formula is C13H20BrN3. The van der Waals surface area contributed by atoms with Gasteiger partial charge in [-0.05, 0) is 25.7 Å². The van der Waals surface area contributed by atoms with E-state index in [0.29, 0.717) is 4.83 Å². The van der Waals surface area contributed by atoms with Gasteiger partial charge in [0.05, 0.1) is 0 Å². The number of aromatic nitrogens is 2. The van der Waals surface area contributed by atoms with Crippen molar-refractivity contribution < 1.29 is 0 Å². The van der Waals surface area contributed by atoms with Gasteiger partial charge in [-0.2, -0.15) is 0 Å². The molecule has 2 rings (SSSR count). The van der Waals surface area contributed by atoms with Crippen molar-refractivity contribution in [1.82, 2.24) is 9.97 Å². The third-order valence-corrected chi connectivity index (χ3v) is 4.62. The van der Waals surface area contributed by atoms with Gasteiger partial charge in [-0.1, -0.05) is 29.8 Å². The molecule has 17 heavy (non-hydrogen) atoms. The van der Waals surface area contributed by atoms with E-state index in [0.717, 1.165) is 42.8 Å². The van der Waals surface area contributed by atoms with Crippen LogP contribution in [0.4, 0.5) is 5.82 Å². The lowest BCUT2D eigenvalue weighted by molar-refractivity contribution is 0.454. The highest BCUT2D eigenvalue weighted by Gasteiger charge is 2.25. The molecular weight excluding hydrogens is 278 g/mol. The molecule has 1 fully saturated rings. The Kier molecular flexibility index (Phi) is 4.02. The number of halogens is 1. The highest BCUT2D eigenvalue weighted by Crippen LogP contribution is 2.26. The summed E-state index contributed by atoms with van der Waals surface area (Å²) in [5.41, 5.74) is 1.14. The van der Waals surface area contributed by atoms with Crippen LogP contribution in [0.1, 0.15) is 31.8 Å². The van der Waals surface area contributed by atoms with Gasteiger partial charge in [-0.3, -0.25) is 0 Å². The first-order valence-electron chi connectivity index (χ1n) is 6.33. The van der Waals surface area contributed by atoms with Crippen molar-refractivity contribution in [3.8, 4) is 0 Å². The maximum Gasteiger partial charge on any atom is 0.132 e. The lowest BCUT2D eigenvalue weighted by Gasteiger charge is -2.35. The molecule has 1 saturated heterocycles. The van der Waals surface area contributed by atoms with E-state index in [2.05, 4.69) is 50.7 Å². The summed E-state index contributed by atoms with van der Waals surface area (Å²) in [6, 6.07) is 2.13. The van der Waals surface area contributed by atoms with Crippen molar-refractivity contribution in [3.05, 3.63) is 17.6 Å². The fraction of sp³-hybridized carbons (Fsp3) is 0.692. The van der Waals surface area contributed by atoms with E-state index in [9.17, 15) is 0 Å². The van der Waals surface area contributed by atoms with Crippen LogP contribution in [-0.2, 0) is 6.42 Å². The van der Waals surface area contributed by atoms with E-state index in [1.807, 2.05) is 6.92 Å². The first-order valence-corrected chi connectivity index (χ1v) is 7.25. The predicted molar refractivity (Wildman–Crippen MR) is 74.9 cm³/mol. The topological polar surface area (TPSA) is 29.0 Å². The molecule has 1 aromatic rings. The number of piperidine rings is 1. The van der Waals surface area contributed by atoms with E-state index in [1.165, 1.54) is 6.42 Å². The number of hydrogen-bond acceptors (Lipinski definition) is 3. The summed E-state index contributed by atoms with van der Waals surface area (Å²) in [5.74, 6) is 2.72. The fourth-order valence-corrected chi connectivity index (χ4v) is 2.80. The van der Waals surface area contributed by atoms with Crippen LogP contribution in [0, 0.1) is 12.8 Å². The minimum atomic E-state index is 0.566. The van der Waals surface area contributed by atoms with Gasteiger partial charge in [0.25, 0.3) is 0 Å². The fourth-order valence-electron chi connectivity index (χ4n) is 2.19. The second-order valence-corrected chi connectivity index (χ2v) is 6.02. The zero-order valence-corrected chi connectivity index (χ0v) is 12.4. The van der Waals surface area contributed by atoms with Crippen LogP contribution >= 0.6 is 15.9 Å². The molecule has 0 radical (unpaired) electrons. The second-order valence-electron chi connectivity index (χ2n) is 4.85. The SMILES string of the molecule is CCc1cc(N2CCC(C)C(Br)C2)nc(C)n1. The van der Waals surface area contributed by atoms with Gasteiger partial charge in [-0.25, -0.2) is 9.97 Å². The molecule has 1 aliphatic rings. The Morgan fingerprint density at radius 2 is 2.24 bits per heavy atom. The largest absolute Gasteiger partial charge is 0.355 e. The average Bonchev–Trinajstić information content (AvgIpc) is 2.32. The third kappa shape index (κ3) is 2.97. The maximum atomic E-state index is 4.56. The minimum Gasteiger partial charge on any atom is -0.355 e. The molecule has 1 aromatic heterocycles. The van der Waals surface area contributed by atoms with E-state index < -0.39 is 0 Å². The zero-order chi connectivity index (χ0) is 12.4. The van der Waals surface area contributed by atoms with Crippen LogP contribution in [0.3, 0.4) is 0 Å². The molecule has 3 nitrogen and oxygen atoms in total. The summed E-state index contributed by atoms with van der Waals surface area (Å²) in [7, 11) is 0. The van der Waals surface area contributed by atoms with Crippen molar-refractivity contribution in [1.29, 1.82) is 0 Å². The molecule has 0 N–H and O–H groups in total. The van der Waals surface area contributed by atoms with Crippen LogP contribution in [0.5, 0.6) is 0 Å². The number of nitrogens with zero attached hydrogens (tertiary/aromatic N) is 3. The van der Waals surface area contributed by atoms with Gasteiger partial charge >= 0.3 is 0 Å². The van der Waals surface area contributed by atoms with Crippen molar-refractivity contribution in [2.24, 2.45) is 5.92 Å². The number of rotatable bonds is 2. The van der Waals surface area contributed by atoms with Gasteiger partial charge in [-0.15, -0.1) is 0 Å². The van der Waals surface area contributed by atoms with Crippen LogP contribution in [0.25, 0.3) is 0 Å². The molecule has 0 saturated carbocycles. The number of anilines is 1. The average molecular weight is 298 g/mol. The summed E-state index contributed by atoms with van der Waals surface area (Å²) in [6.07, 6.45) is 2.19. The third-order valence-electron chi connectivity index (χ3n) is 3.43. The summed E-state index contributed by atoms with van der Waals surface area (Å²) in [5, 5.41) is 0. The van der Waals surface area contributed by atoms with Gasteiger partial charge in [0.1, 0.15) is 11.6 Å². The highest BCUT2D eigenvalue weighted by atomic mass is 79.9. The van der Waals surface area contributed by atoms with Crippen molar-refractivity contribution in [2.45, 2.75) is 38.4 Å². The predicted octanol–water partition coefficient (Wildman–Crippen LogP) is 2.96. The standard InChI is InChI=1S/C13H20BrN3/c1-4-11-7-13(16-10(3)15-11)17-6-5-9(2)12(14)8-17/h7,9,12H,4-6,8H2,1-3H3. The molecule has 2 unspecified atom stereocenters. The Morgan fingerprint density at radius 3 is 2.88 bits per heavy atom. The molecule has 4 heteroatoms. The maximum absolute atomic E-state index is 4.56. The molecule has 94 valence electrons. The lowest BCUT2D eigenvalue weighted by Crippen LogP contribution is -2.40. The Morgan fingerprint density at radius 1 is 1.47 bits per heavy atom. The Balaban J connectivity index is 2.19. The molecule has 0 aromatic carbocycles. The summed E-state index contributed by atoms with van der Waals surface area (Å²) < 4.78 is 0. The van der Waals surface area contributed by atoms with Crippen molar-refractivity contribution in [2.75, 3.05) is 18.0 Å². The van der Waals surface area contributed by atoms with E-state index in [4.69, 9.17) is 0 Å². The van der Waals surface area contributed by atoms with Crippen molar-refractivity contribution in [3.63, 3.8) is 0 Å². The molecule has 2 atom stereocenters. The number of aryl methyl sites for hydroxylation is 2. The zero-order valence-electron chi connectivity index (χ0n) is 10.8. The highest BCUT2D eigenvalue weighted by molar-refractivity contribution is 9.09. The Bertz CT molecular complexity index is 394. The second kappa shape index (κ2) is 5.34. The van der Waals surface area contributed by atoms with Gasteiger partial charge in [0.15, 0.2) is 0 Å². The summed E-state index contributed by atoms with van der Waals surface area (Å²) >= 11 is 3.76. The monoisotopic (exact) mass is 297 g/mol. The molecule has 0 aliphatic carbocycles. The Labute approximate surface area is 112 Å². The molecule has 0 bridgehead atoms. The quantitative estimate of drug-likeness (QED) is 0.786. The number of alkyl halides is 1. The minimum absolute atomic E-state index is 0.566. The van der Waals surface area contributed by atoms with Crippen LogP contribution in [0.15, 0.2) is 6.07 Å². The molecule has 0 spiro atoms. The Hall–Kier alpha value is -0.640. The lowest BCUT2D eigenvalue weighted by atomic mass is 9.99. The first-order chi connectivity index (χ1) is 8.10. The van der Waals surface area contributed by atoms with E-state index in [-0.39, 0.29) is 0 Å². The van der Waals surface area contributed by atoms with Crippen molar-refractivity contribution >= 4 is 21.7 Å². The first kappa shape index (κ1) is 12.8. The van der Waals surface area contributed by atoms with Gasteiger partial charge < -0.3 is 4.90 Å². The van der Waals surface area contributed by atoms with E-state index >= 15 is 0 Å². The molecule has 1 aliphatic heterocycles. The normalized spacial score (nSPS) is 25.1. The summed E-state index contributed by atoms with van der Waals surface area (Å²) in [4.78, 5) is 11.9. The van der Waals surface area contributed by atoms with Crippen LogP contribution < -0.4 is 4.90 Å². The van der Waals surface area contributed by atoms with E-state index in [1.54, 1.807) is 0 Å². The van der Waals surface area contributed by atoms with Gasteiger partial charge in [0.2, 0.25) is 0 Å². The van der Waals surface area contributed by atoms with Crippen LogP contribution in [-0.4, -0.2) is 27.9 Å². The smallest absolute Gasteiger partial charge is 0.132 e. The van der Waals surface area contributed by atoms with Crippen LogP contribution in [0.2, 0.25) is 0 Å². The molecule has 0 amide bonds. The summed E-state index contributed by atoms with van der Waals surface area (Å²) in [6.45, 7) is 8.56. The molecule has 2 heterocycles. The number of hydrogen-bond donors (Lipinski definition) is 0.